The van der Waals surface area contributed by atoms with E-state index in [1.54, 1.807) is 0 Å². The highest BCUT2D eigenvalue weighted by Crippen LogP contribution is 2.11. The molecule has 2 atom stereocenters. The molecule has 0 spiro atoms. The molecule has 10 heavy (non-hydrogen) atoms. The fraction of sp³-hybridized carbons (Fsp3) is 0.750. The minimum absolute atomic E-state index is 0.0925. The second-order valence-electron chi connectivity index (χ2n) is 2.86. The average molecular weight is 142 g/mol. The van der Waals surface area contributed by atoms with E-state index in [1.165, 1.54) is 0 Å². The Morgan fingerprint density at radius 2 is 1.90 bits per heavy atom. The minimum Gasteiger partial charge on any atom is -0.303 e. The van der Waals surface area contributed by atoms with Gasteiger partial charge in [0.25, 0.3) is 0 Å². The van der Waals surface area contributed by atoms with Crippen molar-refractivity contribution in [1.29, 1.82) is 0 Å². The molecule has 0 saturated heterocycles. The summed E-state index contributed by atoms with van der Waals surface area (Å²) >= 11 is 0. The number of rotatable bonds is 5. The van der Waals surface area contributed by atoms with Crippen LogP contribution in [0.25, 0.3) is 0 Å². The van der Waals surface area contributed by atoms with E-state index in [9.17, 15) is 9.59 Å². The number of carbonyl (C=O) groups is 2. The summed E-state index contributed by atoms with van der Waals surface area (Å²) in [6, 6.07) is 0. The molecule has 0 aromatic carbocycles. The summed E-state index contributed by atoms with van der Waals surface area (Å²) in [5.74, 6) is 0.438. The lowest BCUT2D eigenvalue weighted by molar-refractivity contribution is -0.112. The Balaban J connectivity index is 3.45. The Morgan fingerprint density at radius 1 is 1.30 bits per heavy atom. The van der Waals surface area contributed by atoms with Crippen LogP contribution in [0.5, 0.6) is 0 Å². The predicted molar refractivity (Wildman–Crippen MR) is 39.7 cm³/mol. The smallest absolute Gasteiger partial charge is 0.122 e. The van der Waals surface area contributed by atoms with Gasteiger partial charge in [0.05, 0.1) is 0 Å². The molecular weight excluding hydrogens is 128 g/mol. The Morgan fingerprint density at radius 3 is 2.30 bits per heavy atom. The van der Waals surface area contributed by atoms with E-state index in [0.29, 0.717) is 12.3 Å². The zero-order valence-corrected chi connectivity index (χ0v) is 6.54. The largest absolute Gasteiger partial charge is 0.303 e. The second-order valence-corrected chi connectivity index (χ2v) is 2.86. The monoisotopic (exact) mass is 142 g/mol. The Bertz CT molecular complexity index is 110. The maximum atomic E-state index is 10.2. The van der Waals surface area contributed by atoms with Crippen LogP contribution in [0.1, 0.15) is 26.7 Å². The Kier molecular flexibility index (Phi) is 4.81. The van der Waals surface area contributed by atoms with Gasteiger partial charge in [0.1, 0.15) is 12.6 Å². The molecule has 2 unspecified atom stereocenters. The standard InChI is InChI=1S/C8H14O2/c1-7(3-4-9)5-8(2)6-10/h4,6-8H,3,5H2,1-2H3. The lowest BCUT2D eigenvalue weighted by Gasteiger charge is -2.08. The van der Waals surface area contributed by atoms with Gasteiger partial charge in [-0.25, -0.2) is 0 Å². The number of carbonyl (C=O) groups excluding carboxylic acids is 2. The van der Waals surface area contributed by atoms with Crippen molar-refractivity contribution in [2.24, 2.45) is 11.8 Å². The van der Waals surface area contributed by atoms with Crippen molar-refractivity contribution in [3.8, 4) is 0 Å². The van der Waals surface area contributed by atoms with Crippen LogP contribution in [0.2, 0.25) is 0 Å². The average Bonchev–Trinajstić information content (AvgIpc) is 1.88. The summed E-state index contributed by atoms with van der Waals surface area (Å²) in [4.78, 5) is 20.2. The van der Waals surface area contributed by atoms with Crippen molar-refractivity contribution in [3.63, 3.8) is 0 Å². The summed E-state index contributed by atoms with van der Waals surface area (Å²) in [6.45, 7) is 3.85. The molecule has 0 fully saturated rings. The van der Waals surface area contributed by atoms with E-state index in [4.69, 9.17) is 0 Å². The predicted octanol–water partition coefficient (Wildman–Crippen LogP) is 1.44. The highest BCUT2D eigenvalue weighted by Gasteiger charge is 2.06. The van der Waals surface area contributed by atoms with Crippen LogP contribution >= 0.6 is 0 Å². The first-order chi connectivity index (χ1) is 4.70. The molecule has 0 aliphatic rings. The Hall–Kier alpha value is -0.660. The van der Waals surface area contributed by atoms with Crippen molar-refractivity contribution < 1.29 is 9.59 Å². The van der Waals surface area contributed by atoms with E-state index in [0.717, 1.165) is 19.0 Å². The van der Waals surface area contributed by atoms with Gasteiger partial charge in [0.2, 0.25) is 0 Å². The van der Waals surface area contributed by atoms with Crippen LogP contribution in [0.4, 0.5) is 0 Å². The molecule has 0 N–H and O–H groups in total. The van der Waals surface area contributed by atoms with Gasteiger partial charge in [0, 0.05) is 12.3 Å². The SMILES string of the molecule is CC(C=O)CC(C)CC=O. The third-order valence-corrected chi connectivity index (χ3v) is 1.51. The van der Waals surface area contributed by atoms with Gasteiger partial charge in [-0.2, -0.15) is 0 Å². The van der Waals surface area contributed by atoms with Gasteiger partial charge < -0.3 is 9.59 Å². The Labute approximate surface area is 61.6 Å². The van der Waals surface area contributed by atoms with Crippen molar-refractivity contribution in [3.05, 3.63) is 0 Å². The molecule has 2 heteroatoms. The zero-order valence-electron chi connectivity index (χ0n) is 6.54. The molecule has 0 aliphatic carbocycles. The lowest BCUT2D eigenvalue weighted by atomic mass is 9.96. The van der Waals surface area contributed by atoms with E-state index < -0.39 is 0 Å². The summed E-state index contributed by atoms with van der Waals surface area (Å²) in [7, 11) is 0. The van der Waals surface area contributed by atoms with Crippen LogP contribution in [0.15, 0.2) is 0 Å². The fourth-order valence-corrected chi connectivity index (χ4v) is 0.951. The van der Waals surface area contributed by atoms with Gasteiger partial charge in [-0.3, -0.25) is 0 Å². The van der Waals surface area contributed by atoms with Crippen LogP contribution in [-0.4, -0.2) is 12.6 Å². The number of hydrogen-bond donors (Lipinski definition) is 0. The molecule has 0 aromatic heterocycles. The first-order valence-electron chi connectivity index (χ1n) is 3.59. The fourth-order valence-electron chi connectivity index (χ4n) is 0.951. The normalized spacial score (nSPS) is 15.8. The van der Waals surface area contributed by atoms with Crippen molar-refractivity contribution in [2.45, 2.75) is 26.7 Å². The summed E-state index contributed by atoms with van der Waals surface area (Å²) in [6.07, 6.45) is 3.23. The van der Waals surface area contributed by atoms with E-state index in [1.807, 2.05) is 13.8 Å². The molecular formula is C8H14O2. The van der Waals surface area contributed by atoms with Crippen molar-refractivity contribution in [2.75, 3.05) is 0 Å². The third-order valence-electron chi connectivity index (χ3n) is 1.51. The molecule has 0 amide bonds. The van der Waals surface area contributed by atoms with Crippen molar-refractivity contribution in [1.82, 2.24) is 0 Å². The molecule has 0 saturated carbocycles. The molecule has 0 aromatic rings. The number of hydrogen-bond acceptors (Lipinski definition) is 2. The van der Waals surface area contributed by atoms with Gasteiger partial charge in [-0.15, -0.1) is 0 Å². The van der Waals surface area contributed by atoms with E-state index in [2.05, 4.69) is 0 Å². The molecule has 0 aliphatic heterocycles. The van der Waals surface area contributed by atoms with E-state index in [-0.39, 0.29) is 5.92 Å². The molecule has 0 bridgehead atoms. The summed E-state index contributed by atoms with van der Waals surface area (Å²) in [5, 5.41) is 0. The third kappa shape index (κ3) is 4.24. The highest BCUT2D eigenvalue weighted by molar-refractivity contribution is 5.53. The molecule has 0 radical (unpaired) electrons. The number of aldehydes is 2. The summed E-state index contributed by atoms with van der Waals surface area (Å²) < 4.78 is 0. The minimum atomic E-state index is 0.0925. The van der Waals surface area contributed by atoms with Gasteiger partial charge in [-0.1, -0.05) is 13.8 Å². The first kappa shape index (κ1) is 9.34. The maximum Gasteiger partial charge on any atom is 0.122 e. The maximum absolute atomic E-state index is 10.2. The topological polar surface area (TPSA) is 34.1 Å². The van der Waals surface area contributed by atoms with Gasteiger partial charge in [-0.05, 0) is 12.3 Å². The van der Waals surface area contributed by atoms with E-state index >= 15 is 0 Å². The molecule has 2 nitrogen and oxygen atoms in total. The second kappa shape index (κ2) is 5.15. The molecule has 0 heterocycles. The van der Waals surface area contributed by atoms with Crippen LogP contribution in [0, 0.1) is 11.8 Å². The highest BCUT2D eigenvalue weighted by atomic mass is 16.1. The molecule has 58 valence electrons. The van der Waals surface area contributed by atoms with Gasteiger partial charge >= 0.3 is 0 Å². The zero-order chi connectivity index (χ0) is 7.98. The quantitative estimate of drug-likeness (QED) is 0.544. The van der Waals surface area contributed by atoms with Gasteiger partial charge in [0.15, 0.2) is 0 Å². The molecule has 0 rings (SSSR count). The first-order valence-corrected chi connectivity index (χ1v) is 3.59. The van der Waals surface area contributed by atoms with Crippen molar-refractivity contribution >= 4 is 12.6 Å². The van der Waals surface area contributed by atoms with Crippen LogP contribution < -0.4 is 0 Å². The van der Waals surface area contributed by atoms with Crippen LogP contribution in [0.3, 0.4) is 0 Å². The lowest BCUT2D eigenvalue weighted by Crippen LogP contribution is -2.04. The summed E-state index contributed by atoms with van der Waals surface area (Å²) in [5.41, 5.74) is 0. The van der Waals surface area contributed by atoms with Crippen LogP contribution in [-0.2, 0) is 9.59 Å².